The van der Waals surface area contributed by atoms with E-state index in [0.717, 1.165) is 41.6 Å². The van der Waals surface area contributed by atoms with Crippen molar-refractivity contribution < 1.29 is 9.47 Å². The number of aromatic nitrogens is 2. The second-order valence-electron chi connectivity index (χ2n) is 7.52. The Morgan fingerprint density at radius 1 is 0.931 bits per heavy atom. The highest BCUT2D eigenvalue weighted by Crippen LogP contribution is 2.28. The van der Waals surface area contributed by atoms with Gasteiger partial charge < -0.3 is 24.3 Å². The smallest absolute Gasteiger partial charge is 0.204 e. The third-order valence-corrected chi connectivity index (χ3v) is 5.64. The van der Waals surface area contributed by atoms with Crippen molar-refractivity contribution in [1.29, 1.82) is 0 Å². The fourth-order valence-electron chi connectivity index (χ4n) is 4.03. The van der Waals surface area contributed by atoms with Gasteiger partial charge >= 0.3 is 0 Å². The molecule has 2 heterocycles. The van der Waals surface area contributed by atoms with Crippen LogP contribution in [0.3, 0.4) is 0 Å². The summed E-state index contributed by atoms with van der Waals surface area (Å²) < 4.78 is 13.1. The van der Waals surface area contributed by atoms with Gasteiger partial charge in [0.1, 0.15) is 0 Å². The molecule has 1 saturated heterocycles. The summed E-state index contributed by atoms with van der Waals surface area (Å²) in [5.41, 5.74) is 3.33. The van der Waals surface area contributed by atoms with Crippen LogP contribution in [-0.4, -0.2) is 48.3 Å². The van der Waals surface area contributed by atoms with Crippen molar-refractivity contribution in [2.45, 2.75) is 32.4 Å². The van der Waals surface area contributed by atoms with Gasteiger partial charge in [0.2, 0.25) is 5.95 Å². The van der Waals surface area contributed by atoms with E-state index in [1.54, 1.807) is 14.2 Å². The van der Waals surface area contributed by atoms with Crippen molar-refractivity contribution in [3.63, 3.8) is 0 Å². The highest BCUT2D eigenvalue weighted by molar-refractivity contribution is 5.78. The van der Waals surface area contributed by atoms with Crippen molar-refractivity contribution in [2.24, 2.45) is 0 Å². The highest BCUT2D eigenvalue weighted by atomic mass is 16.5. The lowest BCUT2D eigenvalue weighted by Gasteiger charge is -2.26. The van der Waals surface area contributed by atoms with Crippen LogP contribution in [0, 0.1) is 0 Å². The summed E-state index contributed by atoms with van der Waals surface area (Å²) in [5.74, 6) is 2.40. The first kappa shape index (κ1) is 19.6. The molecule has 4 rings (SSSR count). The lowest BCUT2D eigenvalue weighted by Crippen LogP contribution is -2.32. The van der Waals surface area contributed by atoms with Crippen molar-refractivity contribution in [1.82, 2.24) is 14.5 Å². The number of imidazole rings is 1. The molecule has 0 bridgehead atoms. The quantitative estimate of drug-likeness (QED) is 0.622. The summed E-state index contributed by atoms with van der Waals surface area (Å²) in [6.45, 7) is 5.09. The van der Waals surface area contributed by atoms with E-state index < -0.39 is 0 Å². The van der Waals surface area contributed by atoms with Crippen molar-refractivity contribution >= 4 is 17.0 Å². The molecular weight excluding hydrogens is 364 g/mol. The molecule has 1 N–H and O–H groups in total. The van der Waals surface area contributed by atoms with Crippen molar-refractivity contribution in [2.75, 3.05) is 39.2 Å². The molecule has 1 aliphatic heterocycles. The number of nitrogens with one attached hydrogen (secondary N) is 1. The number of fused-ring (bicyclic) bond motifs is 1. The monoisotopic (exact) mass is 394 g/mol. The number of ether oxygens (including phenoxy) is 2. The second-order valence-corrected chi connectivity index (χ2v) is 7.52. The molecule has 6 heteroatoms. The van der Waals surface area contributed by atoms with Gasteiger partial charge in [0.15, 0.2) is 11.5 Å². The summed E-state index contributed by atoms with van der Waals surface area (Å²) in [5, 5.41) is 3.53. The largest absolute Gasteiger partial charge is 0.493 e. The second kappa shape index (κ2) is 9.18. The molecule has 0 aliphatic carbocycles. The standard InChI is InChI=1S/C23H30N4O2/c1-28-21-11-10-18(16-22(21)29-2)17-24-23-25-19-8-4-5-9-20(19)27(23)15-14-26-12-6-3-7-13-26/h4-5,8-11,16H,3,6-7,12-15,17H2,1-2H3,(H,24,25). The molecule has 29 heavy (non-hydrogen) atoms. The topological polar surface area (TPSA) is 51.5 Å². The summed E-state index contributed by atoms with van der Waals surface area (Å²) >= 11 is 0. The average Bonchev–Trinajstić information content (AvgIpc) is 3.14. The first-order valence-corrected chi connectivity index (χ1v) is 10.4. The molecule has 154 valence electrons. The van der Waals surface area contributed by atoms with Crippen LogP contribution >= 0.6 is 0 Å². The predicted octanol–water partition coefficient (Wildman–Crippen LogP) is 4.15. The molecule has 0 amide bonds. The summed E-state index contributed by atoms with van der Waals surface area (Å²) in [6.07, 6.45) is 3.99. The van der Waals surface area contributed by atoms with E-state index in [1.807, 2.05) is 18.2 Å². The third kappa shape index (κ3) is 4.48. The minimum absolute atomic E-state index is 0.674. The van der Waals surface area contributed by atoms with E-state index in [1.165, 1.54) is 37.9 Å². The third-order valence-electron chi connectivity index (χ3n) is 5.64. The van der Waals surface area contributed by atoms with Gasteiger partial charge in [-0.25, -0.2) is 4.98 Å². The molecule has 0 saturated carbocycles. The molecule has 0 radical (unpaired) electrons. The summed E-state index contributed by atoms with van der Waals surface area (Å²) in [7, 11) is 3.32. The molecule has 1 aromatic heterocycles. The van der Waals surface area contributed by atoms with Gasteiger partial charge in [-0.05, 0) is 55.8 Å². The number of hydrogen-bond acceptors (Lipinski definition) is 5. The van der Waals surface area contributed by atoms with Crippen molar-refractivity contribution in [3.05, 3.63) is 48.0 Å². The number of nitrogens with zero attached hydrogens (tertiary/aromatic N) is 3. The first-order chi connectivity index (χ1) is 14.3. The molecule has 3 aromatic rings. The van der Waals surface area contributed by atoms with Crippen LogP contribution in [0.4, 0.5) is 5.95 Å². The van der Waals surface area contributed by atoms with E-state index in [4.69, 9.17) is 14.5 Å². The fraction of sp³-hybridized carbons (Fsp3) is 0.435. The van der Waals surface area contributed by atoms with Gasteiger partial charge in [0.05, 0.1) is 25.3 Å². The molecule has 0 unspecified atom stereocenters. The minimum Gasteiger partial charge on any atom is -0.493 e. The zero-order valence-electron chi connectivity index (χ0n) is 17.4. The van der Waals surface area contributed by atoms with Crippen LogP contribution in [0.1, 0.15) is 24.8 Å². The average molecular weight is 395 g/mol. The Labute approximate surface area is 172 Å². The number of methoxy groups -OCH3 is 2. The number of para-hydroxylation sites is 2. The number of likely N-dealkylation sites (tertiary alicyclic amines) is 1. The molecule has 0 atom stereocenters. The molecule has 6 nitrogen and oxygen atoms in total. The number of benzene rings is 2. The maximum absolute atomic E-state index is 5.43. The van der Waals surface area contributed by atoms with Crippen LogP contribution < -0.4 is 14.8 Å². The van der Waals surface area contributed by atoms with Gasteiger partial charge in [-0.2, -0.15) is 0 Å². The highest BCUT2D eigenvalue weighted by Gasteiger charge is 2.14. The van der Waals surface area contributed by atoms with E-state index in [0.29, 0.717) is 6.54 Å². The van der Waals surface area contributed by atoms with Crippen molar-refractivity contribution in [3.8, 4) is 11.5 Å². The number of rotatable bonds is 8. The Kier molecular flexibility index (Phi) is 6.20. The van der Waals surface area contributed by atoms with Crippen LogP contribution in [0.15, 0.2) is 42.5 Å². The zero-order chi connectivity index (χ0) is 20.1. The number of hydrogen-bond donors (Lipinski definition) is 1. The Morgan fingerprint density at radius 3 is 2.52 bits per heavy atom. The number of anilines is 1. The SMILES string of the molecule is COc1ccc(CNc2nc3ccccc3n2CCN2CCCCC2)cc1OC. The van der Waals surface area contributed by atoms with E-state index in [-0.39, 0.29) is 0 Å². The van der Waals surface area contributed by atoms with Crippen LogP contribution in [-0.2, 0) is 13.1 Å². The lowest BCUT2D eigenvalue weighted by molar-refractivity contribution is 0.222. The molecule has 1 fully saturated rings. The summed E-state index contributed by atoms with van der Waals surface area (Å²) in [4.78, 5) is 7.41. The van der Waals surface area contributed by atoms with Gasteiger partial charge in [0, 0.05) is 19.6 Å². The van der Waals surface area contributed by atoms with E-state index in [9.17, 15) is 0 Å². The Hall–Kier alpha value is -2.73. The van der Waals surface area contributed by atoms with E-state index >= 15 is 0 Å². The zero-order valence-corrected chi connectivity index (χ0v) is 17.4. The van der Waals surface area contributed by atoms with Crippen LogP contribution in [0.5, 0.6) is 11.5 Å². The van der Waals surface area contributed by atoms with Gasteiger partial charge in [-0.3, -0.25) is 0 Å². The Morgan fingerprint density at radius 2 is 1.72 bits per heavy atom. The lowest BCUT2D eigenvalue weighted by atomic mass is 10.1. The number of piperidine rings is 1. The van der Waals surface area contributed by atoms with Gasteiger partial charge in [-0.15, -0.1) is 0 Å². The van der Waals surface area contributed by atoms with Crippen LogP contribution in [0.25, 0.3) is 11.0 Å². The minimum atomic E-state index is 0.674. The molecule has 1 aliphatic rings. The first-order valence-electron chi connectivity index (χ1n) is 10.4. The van der Waals surface area contributed by atoms with Crippen LogP contribution in [0.2, 0.25) is 0 Å². The maximum atomic E-state index is 5.43. The molecular formula is C23H30N4O2. The summed E-state index contributed by atoms with van der Waals surface area (Å²) in [6, 6.07) is 14.4. The normalized spacial score (nSPS) is 14.8. The van der Waals surface area contributed by atoms with E-state index in [2.05, 4.69) is 39.0 Å². The predicted molar refractivity (Wildman–Crippen MR) is 117 cm³/mol. The Balaban J connectivity index is 1.51. The fourth-order valence-corrected chi connectivity index (χ4v) is 4.03. The maximum Gasteiger partial charge on any atom is 0.204 e. The van der Waals surface area contributed by atoms with Gasteiger partial charge in [-0.1, -0.05) is 24.6 Å². The van der Waals surface area contributed by atoms with Gasteiger partial charge in [0.25, 0.3) is 0 Å². The Bertz CT molecular complexity index is 947. The molecule has 0 spiro atoms. The molecule has 2 aromatic carbocycles.